The lowest BCUT2D eigenvalue weighted by Crippen LogP contribution is -2.27. The summed E-state index contributed by atoms with van der Waals surface area (Å²) in [6.45, 7) is 0.626. The predicted molar refractivity (Wildman–Crippen MR) is 98.5 cm³/mol. The van der Waals surface area contributed by atoms with E-state index in [1.807, 2.05) is 48.5 Å². The van der Waals surface area contributed by atoms with Crippen molar-refractivity contribution in [2.75, 3.05) is 12.3 Å². The molecule has 2 aromatic carbocycles. The normalized spacial score (nSPS) is 10.8. The number of nitrogens with one attached hydrogen (secondary N) is 1. The highest BCUT2D eigenvalue weighted by Gasteiger charge is 2.07. The number of aromatic nitrogens is 1. The number of fused-ring (bicyclic) bond motifs is 1. The summed E-state index contributed by atoms with van der Waals surface area (Å²) in [7, 11) is 0. The van der Waals surface area contributed by atoms with Crippen molar-refractivity contribution in [2.45, 2.75) is 10.8 Å². The molecule has 1 aromatic heterocycles. The highest BCUT2D eigenvalue weighted by molar-refractivity contribution is 8.01. The van der Waals surface area contributed by atoms with Crippen molar-refractivity contribution in [1.29, 1.82) is 0 Å². The fourth-order valence-corrected chi connectivity index (χ4v) is 4.11. The minimum Gasteiger partial charge on any atom is -0.355 e. The van der Waals surface area contributed by atoms with Crippen LogP contribution in [0.3, 0.4) is 0 Å². The molecular formula is C17H15ClN2OS2. The molecule has 3 nitrogen and oxygen atoms in total. The van der Waals surface area contributed by atoms with Crippen molar-refractivity contribution in [1.82, 2.24) is 10.3 Å². The molecule has 0 spiro atoms. The summed E-state index contributed by atoms with van der Waals surface area (Å²) < 4.78 is 2.08. The summed E-state index contributed by atoms with van der Waals surface area (Å²) in [6, 6.07) is 15.7. The van der Waals surface area contributed by atoms with Crippen LogP contribution in [-0.2, 0) is 11.2 Å². The van der Waals surface area contributed by atoms with Gasteiger partial charge in [0.25, 0.3) is 0 Å². The summed E-state index contributed by atoms with van der Waals surface area (Å²) in [4.78, 5) is 16.4. The van der Waals surface area contributed by atoms with Gasteiger partial charge in [-0.2, -0.15) is 0 Å². The van der Waals surface area contributed by atoms with Gasteiger partial charge in [0.05, 0.1) is 16.0 Å². The lowest BCUT2D eigenvalue weighted by atomic mass is 10.1. The number of carbonyl (C=O) groups excluding carboxylic acids is 1. The highest BCUT2D eigenvalue weighted by Crippen LogP contribution is 2.28. The van der Waals surface area contributed by atoms with Gasteiger partial charge in [-0.05, 0) is 36.2 Å². The highest BCUT2D eigenvalue weighted by atomic mass is 35.5. The van der Waals surface area contributed by atoms with Gasteiger partial charge in [0.1, 0.15) is 0 Å². The van der Waals surface area contributed by atoms with Gasteiger partial charge >= 0.3 is 0 Å². The van der Waals surface area contributed by atoms with E-state index >= 15 is 0 Å². The number of benzene rings is 2. The van der Waals surface area contributed by atoms with Crippen LogP contribution in [0.25, 0.3) is 10.2 Å². The number of carbonyl (C=O) groups is 1. The van der Waals surface area contributed by atoms with Crippen LogP contribution in [0.1, 0.15) is 5.56 Å². The van der Waals surface area contributed by atoms with E-state index in [2.05, 4.69) is 10.3 Å². The van der Waals surface area contributed by atoms with Crippen molar-refractivity contribution < 1.29 is 4.79 Å². The molecule has 23 heavy (non-hydrogen) atoms. The van der Waals surface area contributed by atoms with Crippen molar-refractivity contribution in [3.8, 4) is 0 Å². The molecule has 0 aliphatic heterocycles. The van der Waals surface area contributed by atoms with Crippen molar-refractivity contribution >= 4 is 50.8 Å². The predicted octanol–water partition coefficient (Wildman–Crippen LogP) is 4.40. The number of halogens is 1. The van der Waals surface area contributed by atoms with Gasteiger partial charge in [0.15, 0.2) is 4.34 Å². The minimum absolute atomic E-state index is 0.0308. The van der Waals surface area contributed by atoms with Crippen LogP contribution in [0.5, 0.6) is 0 Å². The third-order valence-corrected chi connectivity index (χ3v) is 5.68. The quantitative estimate of drug-likeness (QED) is 0.661. The van der Waals surface area contributed by atoms with Gasteiger partial charge in [0, 0.05) is 11.6 Å². The van der Waals surface area contributed by atoms with E-state index in [-0.39, 0.29) is 5.91 Å². The Morgan fingerprint density at radius 3 is 2.74 bits per heavy atom. The molecule has 3 rings (SSSR count). The molecule has 0 unspecified atom stereocenters. The molecule has 0 bridgehead atoms. The van der Waals surface area contributed by atoms with E-state index in [0.717, 1.165) is 31.6 Å². The minimum atomic E-state index is 0.0308. The maximum Gasteiger partial charge on any atom is 0.230 e. The van der Waals surface area contributed by atoms with Gasteiger partial charge < -0.3 is 5.32 Å². The Labute approximate surface area is 148 Å². The van der Waals surface area contributed by atoms with Gasteiger partial charge in [-0.1, -0.05) is 47.6 Å². The molecule has 0 atom stereocenters. The van der Waals surface area contributed by atoms with Gasteiger partial charge in [-0.3, -0.25) is 4.79 Å². The number of amides is 1. The monoisotopic (exact) mass is 362 g/mol. The Morgan fingerprint density at radius 2 is 1.96 bits per heavy atom. The lowest BCUT2D eigenvalue weighted by Gasteiger charge is -2.04. The number of rotatable bonds is 6. The number of nitrogens with zero attached hydrogens (tertiary/aromatic N) is 1. The van der Waals surface area contributed by atoms with E-state index in [9.17, 15) is 4.79 Å². The van der Waals surface area contributed by atoms with Crippen LogP contribution in [0.15, 0.2) is 52.9 Å². The Kier molecular flexibility index (Phi) is 5.54. The molecule has 0 saturated heterocycles. The maximum absolute atomic E-state index is 11.9. The van der Waals surface area contributed by atoms with Crippen LogP contribution >= 0.6 is 34.7 Å². The molecule has 1 amide bonds. The van der Waals surface area contributed by atoms with Crippen LogP contribution in [0.4, 0.5) is 0 Å². The summed E-state index contributed by atoms with van der Waals surface area (Å²) in [5, 5.41) is 3.66. The Balaban J connectivity index is 1.43. The van der Waals surface area contributed by atoms with Gasteiger partial charge in [0.2, 0.25) is 5.91 Å². The molecule has 0 aliphatic rings. The summed E-state index contributed by atoms with van der Waals surface area (Å²) in [5.74, 6) is 0.420. The first-order chi connectivity index (χ1) is 11.2. The number of hydrogen-bond donors (Lipinski definition) is 1. The average molecular weight is 363 g/mol. The summed E-state index contributed by atoms with van der Waals surface area (Å²) >= 11 is 8.95. The Morgan fingerprint density at radius 1 is 1.17 bits per heavy atom. The second-order valence-corrected chi connectivity index (χ2v) is 7.65. The number of para-hydroxylation sites is 1. The third-order valence-electron chi connectivity index (χ3n) is 3.25. The molecule has 3 aromatic rings. The average Bonchev–Trinajstić information content (AvgIpc) is 2.98. The third kappa shape index (κ3) is 4.70. The van der Waals surface area contributed by atoms with Crippen molar-refractivity contribution in [3.05, 3.63) is 59.1 Å². The van der Waals surface area contributed by atoms with Crippen molar-refractivity contribution in [2.24, 2.45) is 0 Å². The molecule has 0 radical (unpaired) electrons. The zero-order valence-electron chi connectivity index (χ0n) is 12.3. The topological polar surface area (TPSA) is 42.0 Å². The first-order valence-electron chi connectivity index (χ1n) is 7.20. The molecule has 0 aliphatic carbocycles. The van der Waals surface area contributed by atoms with E-state index in [1.165, 1.54) is 11.8 Å². The van der Waals surface area contributed by atoms with Crippen LogP contribution in [-0.4, -0.2) is 23.2 Å². The Bertz CT molecular complexity index is 769. The maximum atomic E-state index is 11.9. The van der Waals surface area contributed by atoms with E-state index < -0.39 is 0 Å². The van der Waals surface area contributed by atoms with E-state index in [1.54, 1.807) is 11.3 Å². The fraction of sp³-hybridized carbons (Fsp3) is 0.176. The van der Waals surface area contributed by atoms with Crippen LogP contribution < -0.4 is 5.32 Å². The second-order valence-electron chi connectivity index (χ2n) is 4.96. The molecule has 0 fully saturated rings. The molecular weight excluding hydrogens is 348 g/mol. The SMILES string of the molecule is O=C(CSc1nc2ccccc2s1)NCCc1ccc(Cl)cc1. The lowest BCUT2D eigenvalue weighted by molar-refractivity contribution is -0.118. The zero-order chi connectivity index (χ0) is 16.1. The van der Waals surface area contributed by atoms with Crippen LogP contribution in [0.2, 0.25) is 5.02 Å². The summed E-state index contributed by atoms with van der Waals surface area (Å²) in [6.07, 6.45) is 0.800. The molecule has 1 N–H and O–H groups in total. The van der Waals surface area contributed by atoms with Gasteiger partial charge in [-0.25, -0.2) is 4.98 Å². The molecule has 6 heteroatoms. The van der Waals surface area contributed by atoms with E-state index in [0.29, 0.717) is 12.3 Å². The smallest absolute Gasteiger partial charge is 0.230 e. The molecule has 118 valence electrons. The Hall–Kier alpha value is -1.56. The second kappa shape index (κ2) is 7.81. The number of hydrogen-bond acceptors (Lipinski definition) is 4. The first kappa shape index (κ1) is 16.3. The van der Waals surface area contributed by atoms with Crippen molar-refractivity contribution in [3.63, 3.8) is 0 Å². The molecule has 0 saturated carbocycles. The zero-order valence-corrected chi connectivity index (χ0v) is 14.7. The van der Waals surface area contributed by atoms with Crippen LogP contribution in [0, 0.1) is 0 Å². The van der Waals surface area contributed by atoms with Gasteiger partial charge in [-0.15, -0.1) is 11.3 Å². The fourth-order valence-electron chi connectivity index (χ4n) is 2.09. The number of thiazole rings is 1. The first-order valence-corrected chi connectivity index (χ1v) is 9.38. The largest absolute Gasteiger partial charge is 0.355 e. The number of thioether (sulfide) groups is 1. The summed E-state index contributed by atoms with van der Waals surface area (Å²) in [5.41, 5.74) is 2.15. The standard InChI is InChI=1S/C17H15ClN2OS2/c18-13-7-5-12(6-8-13)9-10-19-16(21)11-22-17-20-14-3-1-2-4-15(14)23-17/h1-8H,9-11H2,(H,19,21). The molecule has 1 heterocycles. The van der Waals surface area contributed by atoms with E-state index in [4.69, 9.17) is 11.6 Å².